The van der Waals surface area contributed by atoms with Gasteiger partial charge in [0.25, 0.3) is 0 Å². The van der Waals surface area contributed by atoms with Gasteiger partial charge in [-0.05, 0) is 30.3 Å². The van der Waals surface area contributed by atoms with Crippen LogP contribution in [0.1, 0.15) is 5.56 Å². The van der Waals surface area contributed by atoms with E-state index >= 15 is 0 Å². The van der Waals surface area contributed by atoms with Crippen molar-refractivity contribution >= 4 is 15.5 Å². The molecule has 0 unspecified atom stereocenters. The SMILES string of the molecule is COc1cc(N)ccc1S(=O)(=O)Cc1cc(F)ccc1F. The predicted octanol–water partition coefficient (Wildman–Crippen LogP) is 2.53. The Balaban J connectivity index is 2.46. The van der Waals surface area contributed by atoms with Crippen LogP contribution in [0.15, 0.2) is 41.3 Å². The quantitative estimate of drug-likeness (QED) is 0.881. The van der Waals surface area contributed by atoms with Gasteiger partial charge in [0.2, 0.25) is 0 Å². The van der Waals surface area contributed by atoms with E-state index < -0.39 is 27.2 Å². The number of methoxy groups -OCH3 is 1. The largest absolute Gasteiger partial charge is 0.495 e. The van der Waals surface area contributed by atoms with Gasteiger partial charge < -0.3 is 10.5 Å². The Morgan fingerprint density at radius 2 is 1.86 bits per heavy atom. The summed E-state index contributed by atoms with van der Waals surface area (Å²) in [5.74, 6) is -2.09. The molecule has 21 heavy (non-hydrogen) atoms. The van der Waals surface area contributed by atoms with E-state index in [-0.39, 0.29) is 16.2 Å². The molecule has 0 aliphatic heterocycles. The topological polar surface area (TPSA) is 69.4 Å². The average molecular weight is 313 g/mol. The minimum atomic E-state index is -3.90. The van der Waals surface area contributed by atoms with E-state index in [0.29, 0.717) is 5.69 Å². The lowest BCUT2D eigenvalue weighted by Crippen LogP contribution is -2.09. The van der Waals surface area contributed by atoms with Crippen molar-refractivity contribution < 1.29 is 21.9 Å². The van der Waals surface area contributed by atoms with Crippen LogP contribution in [-0.4, -0.2) is 15.5 Å². The van der Waals surface area contributed by atoms with Gasteiger partial charge in [-0.15, -0.1) is 0 Å². The van der Waals surface area contributed by atoms with Crippen LogP contribution in [-0.2, 0) is 15.6 Å². The molecule has 2 aromatic rings. The lowest BCUT2D eigenvalue weighted by atomic mass is 10.2. The molecule has 0 amide bonds. The third-order valence-electron chi connectivity index (χ3n) is 2.88. The van der Waals surface area contributed by atoms with Gasteiger partial charge in [0, 0.05) is 17.3 Å². The van der Waals surface area contributed by atoms with E-state index in [2.05, 4.69) is 0 Å². The van der Waals surface area contributed by atoms with Crippen LogP contribution in [0.4, 0.5) is 14.5 Å². The van der Waals surface area contributed by atoms with Gasteiger partial charge in [0.15, 0.2) is 9.84 Å². The molecule has 0 heterocycles. The fourth-order valence-electron chi connectivity index (χ4n) is 1.88. The van der Waals surface area contributed by atoms with Crippen LogP contribution >= 0.6 is 0 Å². The zero-order valence-corrected chi connectivity index (χ0v) is 12.0. The highest BCUT2D eigenvalue weighted by molar-refractivity contribution is 7.90. The Morgan fingerprint density at radius 3 is 2.52 bits per heavy atom. The van der Waals surface area contributed by atoms with Gasteiger partial charge in [0.05, 0.1) is 12.9 Å². The second kappa shape index (κ2) is 5.69. The Labute approximate surface area is 121 Å². The molecular weight excluding hydrogens is 300 g/mol. The van der Waals surface area contributed by atoms with Crippen molar-refractivity contribution in [2.24, 2.45) is 0 Å². The summed E-state index contributed by atoms with van der Waals surface area (Å²) >= 11 is 0. The van der Waals surface area contributed by atoms with E-state index in [4.69, 9.17) is 10.5 Å². The van der Waals surface area contributed by atoms with E-state index in [1.165, 1.54) is 25.3 Å². The maximum Gasteiger partial charge on any atom is 0.186 e. The molecule has 0 fully saturated rings. The molecule has 0 aromatic heterocycles. The van der Waals surface area contributed by atoms with E-state index in [1.807, 2.05) is 0 Å². The fourth-order valence-corrected chi connectivity index (χ4v) is 3.39. The van der Waals surface area contributed by atoms with Crippen molar-refractivity contribution in [1.29, 1.82) is 0 Å². The van der Waals surface area contributed by atoms with Crippen molar-refractivity contribution in [3.05, 3.63) is 53.6 Å². The minimum Gasteiger partial charge on any atom is -0.495 e. The molecule has 112 valence electrons. The number of hydrogen-bond donors (Lipinski definition) is 1. The predicted molar refractivity (Wildman–Crippen MR) is 74.7 cm³/mol. The molecule has 0 aliphatic carbocycles. The summed E-state index contributed by atoms with van der Waals surface area (Å²) in [5.41, 5.74) is 5.65. The Bertz CT molecular complexity index is 776. The minimum absolute atomic E-state index is 0.0619. The normalized spacial score (nSPS) is 11.4. The number of hydrogen-bond acceptors (Lipinski definition) is 4. The number of nitrogen functional groups attached to an aromatic ring is 1. The van der Waals surface area contributed by atoms with Gasteiger partial charge in [0.1, 0.15) is 22.3 Å². The van der Waals surface area contributed by atoms with Crippen molar-refractivity contribution in [2.45, 2.75) is 10.6 Å². The van der Waals surface area contributed by atoms with Gasteiger partial charge in [-0.25, -0.2) is 17.2 Å². The molecule has 7 heteroatoms. The number of halogens is 2. The molecular formula is C14H13F2NO3S. The summed E-state index contributed by atoms with van der Waals surface area (Å²) in [6.45, 7) is 0. The molecule has 0 aliphatic rings. The van der Waals surface area contributed by atoms with Gasteiger partial charge in [-0.1, -0.05) is 0 Å². The highest BCUT2D eigenvalue weighted by Crippen LogP contribution is 2.29. The van der Waals surface area contributed by atoms with Crippen LogP contribution in [0.25, 0.3) is 0 Å². The lowest BCUT2D eigenvalue weighted by molar-refractivity contribution is 0.403. The van der Waals surface area contributed by atoms with Gasteiger partial charge >= 0.3 is 0 Å². The van der Waals surface area contributed by atoms with Crippen LogP contribution in [0.3, 0.4) is 0 Å². The lowest BCUT2D eigenvalue weighted by Gasteiger charge is -2.11. The van der Waals surface area contributed by atoms with Crippen molar-refractivity contribution in [3.8, 4) is 5.75 Å². The second-order valence-corrected chi connectivity index (χ2v) is 6.36. The Kier molecular flexibility index (Phi) is 4.13. The number of anilines is 1. The molecule has 2 rings (SSSR count). The first-order valence-corrected chi connectivity index (χ1v) is 7.59. The molecule has 0 saturated heterocycles. The van der Waals surface area contributed by atoms with E-state index in [1.54, 1.807) is 0 Å². The van der Waals surface area contributed by atoms with E-state index in [0.717, 1.165) is 18.2 Å². The smallest absolute Gasteiger partial charge is 0.186 e. The first-order valence-electron chi connectivity index (χ1n) is 5.93. The zero-order chi connectivity index (χ0) is 15.6. The van der Waals surface area contributed by atoms with Crippen LogP contribution in [0, 0.1) is 11.6 Å². The van der Waals surface area contributed by atoms with Crippen molar-refractivity contribution in [2.75, 3.05) is 12.8 Å². The fraction of sp³-hybridized carbons (Fsp3) is 0.143. The third kappa shape index (κ3) is 3.30. The second-order valence-electron chi connectivity index (χ2n) is 4.41. The Morgan fingerprint density at radius 1 is 1.14 bits per heavy atom. The molecule has 0 saturated carbocycles. The maximum absolute atomic E-state index is 13.6. The standard InChI is InChI=1S/C14H13F2NO3S/c1-20-13-7-11(17)3-5-14(13)21(18,19)8-9-6-10(15)2-4-12(9)16/h2-7H,8,17H2,1H3. The molecule has 0 bridgehead atoms. The summed E-state index contributed by atoms with van der Waals surface area (Å²) in [6, 6.07) is 6.71. The molecule has 2 N–H and O–H groups in total. The number of rotatable bonds is 4. The van der Waals surface area contributed by atoms with Crippen LogP contribution in [0.2, 0.25) is 0 Å². The first kappa shape index (κ1) is 15.2. The Hall–Kier alpha value is -2.15. The average Bonchev–Trinajstić information content (AvgIpc) is 2.42. The van der Waals surface area contributed by atoms with Crippen molar-refractivity contribution in [3.63, 3.8) is 0 Å². The highest BCUT2D eigenvalue weighted by atomic mass is 32.2. The summed E-state index contributed by atoms with van der Waals surface area (Å²) < 4.78 is 56.4. The van der Waals surface area contributed by atoms with Crippen LogP contribution in [0.5, 0.6) is 5.75 Å². The van der Waals surface area contributed by atoms with Gasteiger partial charge in [-0.2, -0.15) is 0 Å². The molecule has 0 radical (unpaired) electrons. The maximum atomic E-state index is 13.6. The number of sulfone groups is 1. The molecule has 0 spiro atoms. The number of ether oxygens (including phenoxy) is 1. The first-order chi connectivity index (χ1) is 9.83. The van der Waals surface area contributed by atoms with E-state index in [9.17, 15) is 17.2 Å². The molecule has 2 aromatic carbocycles. The summed E-state index contributed by atoms with van der Waals surface area (Å²) in [7, 11) is -2.60. The number of nitrogens with two attached hydrogens (primary N) is 1. The molecule has 0 atom stereocenters. The third-order valence-corrected chi connectivity index (χ3v) is 4.57. The summed E-state index contributed by atoms with van der Waals surface area (Å²) in [4.78, 5) is -0.122. The van der Waals surface area contributed by atoms with Crippen LogP contribution < -0.4 is 10.5 Å². The monoisotopic (exact) mass is 313 g/mol. The highest BCUT2D eigenvalue weighted by Gasteiger charge is 2.22. The van der Waals surface area contributed by atoms with Gasteiger partial charge in [-0.3, -0.25) is 0 Å². The van der Waals surface area contributed by atoms with Crippen molar-refractivity contribution in [1.82, 2.24) is 0 Å². The molecule has 4 nitrogen and oxygen atoms in total. The number of benzene rings is 2. The zero-order valence-electron chi connectivity index (χ0n) is 11.1. The summed E-state index contributed by atoms with van der Waals surface area (Å²) in [5, 5.41) is 0. The summed E-state index contributed by atoms with van der Waals surface area (Å²) in [6.07, 6.45) is 0.